The van der Waals surface area contributed by atoms with E-state index in [0.717, 1.165) is 26.4 Å². The minimum Gasteiger partial charge on any atom is -0.350 e. The number of hydrogen-bond acceptors (Lipinski definition) is 4. The molecule has 4 heteroatoms. The molecule has 11 aliphatic rings. The van der Waals surface area contributed by atoms with E-state index in [0.29, 0.717) is 43.3 Å². The molecule has 2 aliphatic heterocycles. The lowest BCUT2D eigenvalue weighted by molar-refractivity contribution is -0.283. The summed E-state index contributed by atoms with van der Waals surface area (Å²) in [7, 11) is 0. The Morgan fingerprint density at radius 3 is 0.767 bits per heavy atom. The standard InChI is InChI=1S/C26H36O4/c1-17(2)27-13-19-5-23-7-20(19,14-28-17)8-24(23,6-19)26-11-21-9-25(23,26)10-22(21,12-26)16-30-18(3,4)29-15-21/h5-16H2,1-4H3. The first-order valence-corrected chi connectivity index (χ1v) is 12.5. The van der Waals surface area contributed by atoms with Crippen LogP contribution in [0.3, 0.4) is 0 Å². The quantitative estimate of drug-likeness (QED) is 0.580. The summed E-state index contributed by atoms with van der Waals surface area (Å²) >= 11 is 0. The Hall–Kier alpha value is -0.160. The molecule has 0 aromatic rings. The smallest absolute Gasteiger partial charge is 0.162 e. The fourth-order valence-corrected chi connectivity index (χ4v) is 13.4. The summed E-state index contributed by atoms with van der Waals surface area (Å²) in [4.78, 5) is 0. The summed E-state index contributed by atoms with van der Waals surface area (Å²) in [5, 5.41) is 0. The molecule has 4 nitrogen and oxygen atoms in total. The van der Waals surface area contributed by atoms with Crippen LogP contribution in [0.5, 0.6) is 0 Å². The van der Waals surface area contributed by atoms with Crippen molar-refractivity contribution in [2.75, 3.05) is 26.4 Å². The topological polar surface area (TPSA) is 36.9 Å². The van der Waals surface area contributed by atoms with Crippen molar-refractivity contribution in [2.24, 2.45) is 43.3 Å². The zero-order valence-corrected chi connectivity index (χ0v) is 19.1. The van der Waals surface area contributed by atoms with E-state index >= 15 is 0 Å². The molecule has 0 radical (unpaired) electrons. The predicted octanol–water partition coefficient (Wildman–Crippen LogP) is 4.66. The van der Waals surface area contributed by atoms with Gasteiger partial charge in [0.2, 0.25) is 0 Å². The zero-order valence-electron chi connectivity index (χ0n) is 19.1. The molecule has 9 saturated carbocycles. The Bertz CT molecular complexity index is 755. The Morgan fingerprint density at radius 1 is 0.367 bits per heavy atom. The van der Waals surface area contributed by atoms with E-state index in [9.17, 15) is 0 Å². The van der Waals surface area contributed by atoms with Gasteiger partial charge in [0.15, 0.2) is 11.6 Å². The average Bonchev–Trinajstić information content (AvgIpc) is 3.44. The van der Waals surface area contributed by atoms with Gasteiger partial charge in [0.25, 0.3) is 0 Å². The van der Waals surface area contributed by atoms with Gasteiger partial charge in [-0.2, -0.15) is 0 Å². The second-order valence-electron chi connectivity index (χ2n) is 14.8. The lowest BCUT2D eigenvalue weighted by Gasteiger charge is -2.75. The van der Waals surface area contributed by atoms with Crippen molar-refractivity contribution in [3.8, 4) is 0 Å². The molecule has 8 bridgehead atoms. The van der Waals surface area contributed by atoms with Crippen molar-refractivity contribution in [1.29, 1.82) is 0 Å². The second kappa shape index (κ2) is 3.89. The Balaban J connectivity index is 1.19. The maximum Gasteiger partial charge on any atom is 0.162 e. The van der Waals surface area contributed by atoms with Gasteiger partial charge in [-0.25, -0.2) is 0 Å². The molecule has 9 aliphatic carbocycles. The summed E-state index contributed by atoms with van der Waals surface area (Å²) in [5.74, 6) is -0.824. The maximum absolute atomic E-state index is 6.45. The average molecular weight is 413 g/mol. The van der Waals surface area contributed by atoms with Crippen LogP contribution in [-0.2, 0) is 18.9 Å². The Labute approximate surface area is 179 Å². The third-order valence-corrected chi connectivity index (χ3v) is 13.8. The van der Waals surface area contributed by atoms with Crippen LogP contribution in [0.25, 0.3) is 0 Å². The fourth-order valence-electron chi connectivity index (χ4n) is 13.4. The molecule has 164 valence electrons. The normalized spacial score (nSPS) is 70.8. The van der Waals surface area contributed by atoms with E-state index in [4.69, 9.17) is 18.9 Å². The van der Waals surface area contributed by atoms with E-state index in [1.165, 1.54) is 51.4 Å². The van der Waals surface area contributed by atoms with Gasteiger partial charge in [0.05, 0.1) is 26.4 Å². The van der Waals surface area contributed by atoms with Crippen molar-refractivity contribution in [2.45, 2.75) is 90.6 Å². The lowest BCUT2D eigenvalue weighted by Crippen LogP contribution is -2.70. The van der Waals surface area contributed by atoms with Gasteiger partial charge in [-0.3, -0.25) is 0 Å². The summed E-state index contributed by atoms with van der Waals surface area (Å²) in [6.45, 7) is 12.2. The van der Waals surface area contributed by atoms with Gasteiger partial charge in [0, 0.05) is 21.7 Å². The third kappa shape index (κ3) is 1.19. The molecule has 11 rings (SSSR count). The van der Waals surface area contributed by atoms with Crippen LogP contribution in [0.2, 0.25) is 0 Å². The highest BCUT2D eigenvalue weighted by atomic mass is 16.7. The number of ether oxygens (including phenoxy) is 4. The van der Waals surface area contributed by atoms with Crippen LogP contribution in [0.1, 0.15) is 79.1 Å². The molecule has 0 N–H and O–H groups in total. The molecule has 2 saturated heterocycles. The molecular weight excluding hydrogens is 376 g/mol. The molecule has 2 heterocycles. The number of rotatable bonds is 0. The molecule has 0 aromatic heterocycles. The molecule has 8 spiro atoms. The van der Waals surface area contributed by atoms with E-state index in [2.05, 4.69) is 27.7 Å². The van der Waals surface area contributed by atoms with Crippen LogP contribution in [0, 0.1) is 43.3 Å². The molecule has 0 atom stereocenters. The second-order valence-corrected chi connectivity index (χ2v) is 14.8. The van der Waals surface area contributed by atoms with E-state index in [-0.39, 0.29) is 0 Å². The van der Waals surface area contributed by atoms with Gasteiger partial charge in [0.1, 0.15) is 0 Å². The van der Waals surface area contributed by atoms with Crippen LogP contribution >= 0.6 is 0 Å². The summed E-state index contributed by atoms with van der Waals surface area (Å²) in [5.41, 5.74) is 3.86. The molecule has 11 fully saturated rings. The first-order chi connectivity index (χ1) is 14.0. The van der Waals surface area contributed by atoms with E-state index < -0.39 is 11.6 Å². The van der Waals surface area contributed by atoms with E-state index in [1.54, 1.807) is 0 Å². The summed E-state index contributed by atoms with van der Waals surface area (Å²) in [6, 6.07) is 0. The first-order valence-electron chi connectivity index (χ1n) is 12.5. The maximum atomic E-state index is 6.45. The highest BCUT2D eigenvalue weighted by molar-refractivity contribution is 5.54. The number of hydrogen-bond donors (Lipinski definition) is 0. The zero-order chi connectivity index (χ0) is 20.3. The molecular formula is C26H36O4. The van der Waals surface area contributed by atoms with Crippen LogP contribution in [-0.4, -0.2) is 38.0 Å². The van der Waals surface area contributed by atoms with Crippen molar-refractivity contribution >= 4 is 0 Å². The van der Waals surface area contributed by atoms with Gasteiger partial charge in [-0.05, 0) is 101 Å². The SMILES string of the molecule is CC1(C)OCC23CC45CC2(CO1)CC4(C3)C12CC34COC(C)(C)OCC3(CC51C4)C2. The van der Waals surface area contributed by atoms with Gasteiger partial charge in [-0.15, -0.1) is 0 Å². The van der Waals surface area contributed by atoms with Crippen molar-refractivity contribution in [3.05, 3.63) is 0 Å². The van der Waals surface area contributed by atoms with Crippen molar-refractivity contribution < 1.29 is 18.9 Å². The lowest BCUT2D eigenvalue weighted by atomic mass is 9.28. The first kappa shape index (κ1) is 17.3. The Kier molecular flexibility index (Phi) is 2.25. The Morgan fingerprint density at radius 2 is 0.567 bits per heavy atom. The van der Waals surface area contributed by atoms with E-state index in [1.807, 2.05) is 0 Å². The fraction of sp³-hybridized carbons (Fsp3) is 1.00. The highest BCUT2D eigenvalue weighted by Crippen LogP contribution is 3.12. The van der Waals surface area contributed by atoms with Crippen LogP contribution in [0.4, 0.5) is 0 Å². The van der Waals surface area contributed by atoms with Gasteiger partial charge >= 0.3 is 0 Å². The minimum atomic E-state index is -0.412. The molecule has 0 unspecified atom stereocenters. The summed E-state index contributed by atoms with van der Waals surface area (Å²) < 4.78 is 25.8. The van der Waals surface area contributed by atoms with Gasteiger partial charge in [-0.1, -0.05) is 0 Å². The minimum absolute atomic E-state index is 0.393. The highest BCUT2D eigenvalue weighted by Gasteiger charge is 3.06. The monoisotopic (exact) mass is 412 g/mol. The summed E-state index contributed by atoms with van der Waals surface area (Å²) in [6.07, 6.45) is 11.4. The molecule has 30 heavy (non-hydrogen) atoms. The third-order valence-electron chi connectivity index (χ3n) is 13.8. The van der Waals surface area contributed by atoms with Crippen molar-refractivity contribution in [1.82, 2.24) is 0 Å². The predicted molar refractivity (Wildman–Crippen MR) is 108 cm³/mol. The van der Waals surface area contributed by atoms with Crippen LogP contribution < -0.4 is 0 Å². The largest absolute Gasteiger partial charge is 0.350 e. The molecule has 0 aromatic carbocycles. The van der Waals surface area contributed by atoms with Crippen LogP contribution in [0.15, 0.2) is 0 Å². The molecule has 0 amide bonds. The van der Waals surface area contributed by atoms with Gasteiger partial charge < -0.3 is 18.9 Å². The van der Waals surface area contributed by atoms with Crippen molar-refractivity contribution in [3.63, 3.8) is 0 Å².